The highest BCUT2D eigenvalue weighted by Gasteiger charge is 2.24. The zero-order valence-electron chi connectivity index (χ0n) is 16.4. The molecule has 0 bridgehead atoms. The molecule has 0 unspecified atom stereocenters. The van der Waals surface area contributed by atoms with E-state index in [1.807, 2.05) is 23.1 Å². The van der Waals surface area contributed by atoms with E-state index in [1.165, 1.54) is 0 Å². The Morgan fingerprint density at radius 1 is 1.07 bits per heavy atom. The lowest BCUT2D eigenvalue weighted by atomic mass is 10.1. The lowest BCUT2D eigenvalue weighted by Gasteiger charge is -2.33. The SMILES string of the molecule is COc1cccc(OC)c1OC1CCN(CCC(=O)N2CCNCC2)CC1. The molecule has 0 spiro atoms. The lowest BCUT2D eigenvalue weighted by molar-refractivity contribution is -0.132. The number of hydrogen-bond acceptors (Lipinski definition) is 6. The number of amides is 1. The Balaban J connectivity index is 1.45. The highest BCUT2D eigenvalue weighted by atomic mass is 16.5. The number of hydrogen-bond donors (Lipinski definition) is 1. The van der Waals surface area contributed by atoms with Gasteiger partial charge in [0.1, 0.15) is 6.10 Å². The number of methoxy groups -OCH3 is 2. The molecule has 150 valence electrons. The largest absolute Gasteiger partial charge is 0.493 e. The Morgan fingerprint density at radius 2 is 1.70 bits per heavy atom. The lowest BCUT2D eigenvalue weighted by Crippen LogP contribution is -2.47. The molecule has 0 aromatic heterocycles. The highest BCUT2D eigenvalue weighted by molar-refractivity contribution is 5.76. The molecule has 2 fully saturated rings. The van der Waals surface area contributed by atoms with Crippen LogP contribution in [0.2, 0.25) is 0 Å². The van der Waals surface area contributed by atoms with Gasteiger partial charge in [-0.3, -0.25) is 4.79 Å². The molecule has 7 nitrogen and oxygen atoms in total. The average Bonchev–Trinajstić information content (AvgIpc) is 2.73. The van der Waals surface area contributed by atoms with Gasteiger partial charge in [0.2, 0.25) is 11.7 Å². The minimum Gasteiger partial charge on any atom is -0.493 e. The molecule has 1 aromatic rings. The summed E-state index contributed by atoms with van der Waals surface area (Å²) in [6, 6.07) is 5.66. The first kappa shape index (κ1) is 19.8. The van der Waals surface area contributed by atoms with Crippen molar-refractivity contribution in [2.45, 2.75) is 25.4 Å². The first-order valence-electron chi connectivity index (χ1n) is 9.79. The maximum absolute atomic E-state index is 12.3. The second kappa shape index (κ2) is 9.80. The Kier molecular flexibility index (Phi) is 7.18. The molecule has 3 rings (SSSR count). The van der Waals surface area contributed by atoms with Crippen LogP contribution in [0.15, 0.2) is 18.2 Å². The third-order valence-electron chi connectivity index (χ3n) is 5.31. The highest BCUT2D eigenvalue weighted by Crippen LogP contribution is 2.38. The molecular formula is C20H31N3O4. The van der Waals surface area contributed by atoms with Crippen LogP contribution in [0.5, 0.6) is 17.2 Å². The van der Waals surface area contributed by atoms with Crippen molar-refractivity contribution in [3.8, 4) is 17.2 Å². The van der Waals surface area contributed by atoms with Gasteiger partial charge < -0.3 is 29.3 Å². The van der Waals surface area contributed by atoms with Gasteiger partial charge in [-0.05, 0) is 25.0 Å². The molecule has 2 aliphatic heterocycles. The van der Waals surface area contributed by atoms with E-state index in [1.54, 1.807) is 14.2 Å². The number of rotatable bonds is 7. The van der Waals surface area contributed by atoms with Crippen LogP contribution >= 0.6 is 0 Å². The average molecular weight is 377 g/mol. The number of nitrogens with zero attached hydrogens (tertiary/aromatic N) is 2. The predicted molar refractivity (Wildman–Crippen MR) is 104 cm³/mol. The normalized spacial score (nSPS) is 19.0. The van der Waals surface area contributed by atoms with E-state index in [2.05, 4.69) is 10.2 Å². The van der Waals surface area contributed by atoms with Crippen LogP contribution in [0.3, 0.4) is 0 Å². The van der Waals surface area contributed by atoms with Gasteiger partial charge in [-0.25, -0.2) is 0 Å². The van der Waals surface area contributed by atoms with Gasteiger partial charge in [0, 0.05) is 52.2 Å². The van der Waals surface area contributed by atoms with E-state index in [-0.39, 0.29) is 12.0 Å². The number of nitrogens with one attached hydrogen (secondary N) is 1. The van der Waals surface area contributed by atoms with Crippen molar-refractivity contribution in [3.63, 3.8) is 0 Å². The van der Waals surface area contributed by atoms with Gasteiger partial charge in [-0.1, -0.05) is 6.07 Å². The minimum atomic E-state index is 0.135. The maximum atomic E-state index is 12.3. The van der Waals surface area contributed by atoms with E-state index in [0.29, 0.717) is 23.7 Å². The molecule has 1 N–H and O–H groups in total. The van der Waals surface area contributed by atoms with Crippen LogP contribution in [-0.4, -0.2) is 81.8 Å². The fourth-order valence-corrected chi connectivity index (χ4v) is 3.68. The fraction of sp³-hybridized carbons (Fsp3) is 0.650. The number of piperidine rings is 1. The van der Waals surface area contributed by atoms with Crippen LogP contribution in [0.25, 0.3) is 0 Å². The molecular weight excluding hydrogens is 346 g/mol. The number of carbonyl (C=O) groups is 1. The molecule has 27 heavy (non-hydrogen) atoms. The zero-order valence-corrected chi connectivity index (χ0v) is 16.4. The number of benzene rings is 1. The van der Waals surface area contributed by atoms with Gasteiger partial charge in [-0.15, -0.1) is 0 Å². The smallest absolute Gasteiger partial charge is 0.223 e. The molecule has 2 heterocycles. The van der Waals surface area contributed by atoms with E-state index in [9.17, 15) is 4.79 Å². The van der Waals surface area contributed by atoms with E-state index >= 15 is 0 Å². The summed E-state index contributed by atoms with van der Waals surface area (Å²) in [6.07, 6.45) is 2.60. The summed E-state index contributed by atoms with van der Waals surface area (Å²) >= 11 is 0. The van der Waals surface area contributed by atoms with Crippen LogP contribution in [0.4, 0.5) is 0 Å². The summed E-state index contributed by atoms with van der Waals surface area (Å²) < 4.78 is 17.0. The fourth-order valence-electron chi connectivity index (χ4n) is 3.68. The summed E-state index contributed by atoms with van der Waals surface area (Å²) in [5.74, 6) is 2.33. The quantitative estimate of drug-likeness (QED) is 0.774. The first-order chi connectivity index (χ1) is 13.2. The number of piperazine rings is 1. The first-order valence-corrected chi connectivity index (χ1v) is 9.79. The molecule has 2 aliphatic rings. The van der Waals surface area contributed by atoms with Gasteiger partial charge in [0.05, 0.1) is 14.2 Å². The molecule has 0 saturated carbocycles. The van der Waals surface area contributed by atoms with Crippen LogP contribution < -0.4 is 19.5 Å². The third-order valence-corrected chi connectivity index (χ3v) is 5.31. The topological polar surface area (TPSA) is 63.3 Å². The summed E-state index contributed by atoms with van der Waals surface area (Å²) in [5, 5.41) is 3.28. The third kappa shape index (κ3) is 5.26. The van der Waals surface area contributed by atoms with Crippen molar-refractivity contribution in [1.82, 2.24) is 15.1 Å². The van der Waals surface area contributed by atoms with Crippen molar-refractivity contribution in [3.05, 3.63) is 18.2 Å². The van der Waals surface area contributed by atoms with Gasteiger partial charge >= 0.3 is 0 Å². The molecule has 7 heteroatoms. The maximum Gasteiger partial charge on any atom is 0.223 e. The van der Waals surface area contributed by atoms with E-state index in [4.69, 9.17) is 14.2 Å². The Hall–Kier alpha value is -1.99. The second-order valence-electron chi connectivity index (χ2n) is 7.03. The van der Waals surface area contributed by atoms with Crippen LogP contribution in [-0.2, 0) is 4.79 Å². The molecule has 0 atom stereocenters. The van der Waals surface area contributed by atoms with Crippen molar-refractivity contribution in [1.29, 1.82) is 0 Å². The molecule has 1 amide bonds. The monoisotopic (exact) mass is 377 g/mol. The number of ether oxygens (including phenoxy) is 3. The summed E-state index contributed by atoms with van der Waals surface area (Å²) in [5.41, 5.74) is 0. The standard InChI is InChI=1S/C20H31N3O4/c1-25-17-4-3-5-18(26-2)20(17)27-16-6-11-22(12-7-16)13-8-19(24)23-14-9-21-10-15-23/h3-5,16,21H,6-15H2,1-2H3. The zero-order chi connectivity index (χ0) is 19.1. The Morgan fingerprint density at radius 3 is 2.30 bits per heavy atom. The van der Waals surface area contributed by atoms with Crippen molar-refractivity contribution >= 4 is 5.91 Å². The molecule has 0 aliphatic carbocycles. The Labute approximate surface area is 161 Å². The molecule has 2 saturated heterocycles. The summed E-state index contributed by atoms with van der Waals surface area (Å²) in [4.78, 5) is 16.6. The van der Waals surface area contributed by atoms with Crippen molar-refractivity contribution in [2.75, 3.05) is 60.0 Å². The predicted octanol–water partition coefficient (Wildman–Crippen LogP) is 1.37. The van der Waals surface area contributed by atoms with Crippen molar-refractivity contribution < 1.29 is 19.0 Å². The molecule has 1 aromatic carbocycles. The second-order valence-corrected chi connectivity index (χ2v) is 7.03. The van der Waals surface area contributed by atoms with E-state index < -0.39 is 0 Å². The van der Waals surface area contributed by atoms with Gasteiger partial charge in [0.25, 0.3) is 0 Å². The summed E-state index contributed by atoms with van der Waals surface area (Å²) in [6.45, 7) is 6.17. The summed E-state index contributed by atoms with van der Waals surface area (Å²) in [7, 11) is 3.28. The minimum absolute atomic E-state index is 0.135. The van der Waals surface area contributed by atoms with Gasteiger partial charge in [0.15, 0.2) is 11.5 Å². The van der Waals surface area contributed by atoms with Crippen molar-refractivity contribution in [2.24, 2.45) is 0 Å². The Bertz CT molecular complexity index is 589. The van der Waals surface area contributed by atoms with Crippen LogP contribution in [0, 0.1) is 0 Å². The number of likely N-dealkylation sites (tertiary alicyclic amines) is 1. The number of para-hydroxylation sites is 1. The van der Waals surface area contributed by atoms with Gasteiger partial charge in [-0.2, -0.15) is 0 Å². The van der Waals surface area contributed by atoms with Crippen LogP contribution in [0.1, 0.15) is 19.3 Å². The number of carbonyl (C=O) groups excluding carboxylic acids is 1. The van der Waals surface area contributed by atoms with E-state index in [0.717, 1.165) is 58.7 Å². The molecule has 0 radical (unpaired) electrons.